The number of halogens is 6. The molecular weight excluding hydrogens is 887 g/mol. The number of benzene rings is 2. The zero-order chi connectivity index (χ0) is 48.4. The highest BCUT2D eigenvalue weighted by atomic mass is 19.4. The van der Waals surface area contributed by atoms with Crippen LogP contribution in [-0.2, 0) is 47.3 Å². The summed E-state index contributed by atoms with van der Waals surface area (Å²) in [5, 5.41) is 28.9. The largest absolute Gasteiger partial charge is 0.497 e. The van der Waals surface area contributed by atoms with Crippen LogP contribution >= 0.6 is 0 Å². The lowest BCUT2D eigenvalue weighted by Gasteiger charge is -2.26. The van der Waals surface area contributed by atoms with Gasteiger partial charge in [0.1, 0.15) is 23.0 Å². The molecule has 0 unspecified atom stereocenters. The summed E-state index contributed by atoms with van der Waals surface area (Å²) in [6.45, 7) is 5.63. The number of morpholine rings is 1. The number of aliphatic carboxylic acids is 2. The van der Waals surface area contributed by atoms with Crippen molar-refractivity contribution < 1.29 is 65.2 Å². The highest BCUT2D eigenvalue weighted by Gasteiger charge is 2.39. The predicted octanol–water partition coefficient (Wildman–Crippen LogP) is 4.92. The number of hydrogen-bond donors (Lipinski definition) is 5. The van der Waals surface area contributed by atoms with E-state index in [1.807, 2.05) is 57.9 Å². The summed E-state index contributed by atoms with van der Waals surface area (Å²) < 4.78 is 79.6. The van der Waals surface area contributed by atoms with Crippen molar-refractivity contribution in [2.45, 2.75) is 44.7 Å². The molecule has 5 aromatic rings. The molecule has 24 heteroatoms. The van der Waals surface area contributed by atoms with Crippen molar-refractivity contribution in [2.75, 3.05) is 51.8 Å². The van der Waals surface area contributed by atoms with Crippen LogP contribution in [0.4, 0.5) is 37.7 Å². The molecule has 0 saturated carbocycles. The van der Waals surface area contributed by atoms with Gasteiger partial charge in [0.15, 0.2) is 0 Å². The van der Waals surface area contributed by atoms with Crippen molar-refractivity contribution >= 4 is 41.0 Å². The zero-order valence-corrected chi connectivity index (χ0v) is 35.7. The molecule has 0 atom stereocenters. The molecule has 6 N–H and O–H groups in total. The molecule has 1 aliphatic heterocycles. The number of aromatic nitrogens is 5. The van der Waals surface area contributed by atoms with Crippen molar-refractivity contribution in [3.63, 3.8) is 0 Å². The maximum atomic E-state index is 13.5. The number of carbonyl (C=O) groups is 4. The number of methoxy groups -OCH3 is 1. The second-order valence-corrected chi connectivity index (χ2v) is 14.3. The first-order chi connectivity index (χ1) is 31.2. The van der Waals surface area contributed by atoms with Crippen LogP contribution in [0, 0.1) is 0 Å². The van der Waals surface area contributed by atoms with Gasteiger partial charge in [0, 0.05) is 70.5 Å². The van der Waals surface area contributed by atoms with Gasteiger partial charge in [-0.3, -0.25) is 19.2 Å². The molecule has 0 radical (unpaired) electrons. The number of nitrogens with zero attached hydrogens (tertiary/aromatic N) is 7. The molecule has 3 aromatic heterocycles. The summed E-state index contributed by atoms with van der Waals surface area (Å²) >= 11 is 0. The summed E-state index contributed by atoms with van der Waals surface area (Å²) in [5.41, 5.74) is 11.0. The number of nitrogens with one attached hydrogen (secondary N) is 2. The predicted molar refractivity (Wildman–Crippen MR) is 227 cm³/mol. The topological polar surface area (TPSA) is 233 Å². The summed E-state index contributed by atoms with van der Waals surface area (Å²) in [4.78, 5) is 51.5. The Bertz CT molecular complexity index is 2370. The fourth-order valence-electron chi connectivity index (χ4n) is 6.07. The molecule has 4 heterocycles. The Morgan fingerprint density at radius 1 is 0.833 bits per heavy atom. The fraction of sp³-hybridized carbons (Fsp3) is 0.357. The zero-order valence-electron chi connectivity index (χ0n) is 35.7. The number of nitrogens with two attached hydrogens (primary N) is 1. The monoisotopic (exact) mass is 934 g/mol. The summed E-state index contributed by atoms with van der Waals surface area (Å²) in [5.74, 6) is -5.02. The molecule has 18 nitrogen and oxygen atoms in total. The van der Waals surface area contributed by atoms with Crippen molar-refractivity contribution in [1.82, 2.24) is 34.3 Å². The average Bonchev–Trinajstić information content (AvgIpc) is 4.01. The Kier molecular flexibility index (Phi) is 18.8. The number of amides is 2. The number of hydrogen-bond acceptors (Lipinski definition) is 10. The Balaban J connectivity index is 0.000000590. The highest BCUT2D eigenvalue weighted by molar-refractivity contribution is 6.05. The van der Waals surface area contributed by atoms with Crippen molar-refractivity contribution in [1.29, 1.82) is 0 Å². The molecule has 1 saturated heterocycles. The van der Waals surface area contributed by atoms with Crippen LogP contribution in [-0.4, -0.2) is 128 Å². The van der Waals surface area contributed by atoms with Crippen LogP contribution in [0.15, 0.2) is 90.3 Å². The molecule has 0 aliphatic carbocycles. The third kappa shape index (κ3) is 16.7. The Labute approximate surface area is 373 Å². The van der Waals surface area contributed by atoms with Gasteiger partial charge in [0.05, 0.1) is 37.4 Å². The highest BCUT2D eigenvalue weighted by Crippen LogP contribution is 2.22. The van der Waals surface area contributed by atoms with Crippen LogP contribution in [0.1, 0.15) is 44.2 Å². The van der Waals surface area contributed by atoms with Crippen molar-refractivity contribution in [3.8, 4) is 5.75 Å². The van der Waals surface area contributed by atoms with E-state index in [0.29, 0.717) is 61.3 Å². The van der Waals surface area contributed by atoms with Crippen molar-refractivity contribution in [2.24, 2.45) is 17.8 Å². The van der Waals surface area contributed by atoms with E-state index in [0.717, 1.165) is 56.0 Å². The summed E-state index contributed by atoms with van der Waals surface area (Å²) in [7, 11) is 3.37. The van der Waals surface area contributed by atoms with Crippen LogP contribution in [0.5, 0.6) is 5.75 Å². The number of aryl methyl sites for hydroxylation is 5. The van der Waals surface area contributed by atoms with E-state index < -0.39 is 24.3 Å². The third-order valence-electron chi connectivity index (χ3n) is 9.44. The molecule has 0 bridgehead atoms. The molecule has 1 aliphatic rings. The molecule has 1 fully saturated rings. The first-order valence-electron chi connectivity index (χ1n) is 20.0. The van der Waals surface area contributed by atoms with Gasteiger partial charge >= 0.3 is 24.3 Å². The van der Waals surface area contributed by atoms with E-state index in [9.17, 15) is 35.9 Å². The molecule has 356 valence electrons. The number of alkyl halides is 6. The van der Waals surface area contributed by atoms with Crippen LogP contribution in [0.3, 0.4) is 0 Å². The Morgan fingerprint density at radius 2 is 1.47 bits per heavy atom. The average molecular weight is 935 g/mol. The van der Waals surface area contributed by atoms with Gasteiger partial charge in [-0.15, -0.1) is 5.10 Å². The lowest BCUT2D eigenvalue weighted by Crippen LogP contribution is -2.41. The molecule has 6 rings (SSSR count). The van der Waals surface area contributed by atoms with E-state index in [1.54, 1.807) is 43.3 Å². The quantitative estimate of drug-likeness (QED) is 0.0504. The van der Waals surface area contributed by atoms with Gasteiger partial charge in [-0.05, 0) is 61.2 Å². The van der Waals surface area contributed by atoms with E-state index in [2.05, 4.69) is 43.0 Å². The van der Waals surface area contributed by atoms with Crippen LogP contribution in [0.2, 0.25) is 0 Å². The van der Waals surface area contributed by atoms with Gasteiger partial charge in [0.25, 0.3) is 11.8 Å². The minimum absolute atomic E-state index is 0.204. The molecular formula is C42H48F6N10O8. The maximum Gasteiger partial charge on any atom is 0.490 e. The summed E-state index contributed by atoms with van der Waals surface area (Å²) in [6.07, 6.45) is -2.36. The number of ether oxygens (including phenoxy) is 2. The lowest BCUT2D eigenvalue weighted by molar-refractivity contribution is -0.193. The minimum atomic E-state index is -5.08. The van der Waals surface area contributed by atoms with Gasteiger partial charge in [0.2, 0.25) is 0 Å². The normalized spacial score (nSPS) is 13.1. The van der Waals surface area contributed by atoms with Gasteiger partial charge in [-0.25, -0.2) is 14.6 Å². The van der Waals surface area contributed by atoms with E-state index in [-0.39, 0.29) is 11.8 Å². The number of anilines is 1. The number of carboxylic acid groups (broad SMARTS) is 2. The second-order valence-electron chi connectivity index (χ2n) is 14.3. The minimum Gasteiger partial charge on any atom is -0.497 e. The van der Waals surface area contributed by atoms with E-state index in [4.69, 9.17) is 35.0 Å². The summed E-state index contributed by atoms with van der Waals surface area (Å²) in [6, 6.07) is 21.0. The lowest BCUT2D eigenvalue weighted by atomic mass is 10.1. The SMILES string of the molecule is COc1ccc(C(N)=Nc2cc(C(=O)Nc3cc(C(=O)NCCN4CCOCC4)n(CCCc4cn(CCc5ccccc5)nn4)c3)n(C)c2)cc1.O=C(O)C(F)(F)F.O=C(O)C(F)(F)F. The number of aliphatic imine (C=N–C) groups is 1. The third-order valence-corrected chi connectivity index (χ3v) is 9.44. The van der Waals surface area contributed by atoms with E-state index in [1.165, 1.54) is 5.56 Å². The number of rotatable bonds is 16. The van der Waals surface area contributed by atoms with Gasteiger partial charge in [-0.1, -0.05) is 35.5 Å². The Morgan fingerprint density at radius 3 is 2.08 bits per heavy atom. The van der Waals surface area contributed by atoms with Gasteiger partial charge < -0.3 is 45.2 Å². The number of carbonyl (C=O) groups excluding carboxylic acids is 2. The maximum absolute atomic E-state index is 13.5. The Hall–Kier alpha value is -7.21. The number of amidine groups is 1. The molecule has 2 amide bonds. The smallest absolute Gasteiger partial charge is 0.490 e. The fourth-order valence-corrected chi connectivity index (χ4v) is 6.07. The van der Waals surface area contributed by atoms with Crippen LogP contribution in [0.25, 0.3) is 0 Å². The standard InChI is InChI=1S/C38H46N10O4.2C2HF3O2/c1-45-25-31(41-36(39)29-10-12-33(51-2)13-11-29)23-34(45)38(50)42-32-24-35(37(49)40-15-18-46-19-21-52-22-20-46)47(26-32)16-6-9-30-27-48(44-43-30)17-14-28-7-4-3-5-8-28;2*3-2(4,5)1(6)7/h3-5,7-8,10-13,23-27H,6,9,14-22H2,1-2H3,(H2,39,41)(H,40,49)(H,42,50);2*(H,6,7). The first-order valence-corrected chi connectivity index (χ1v) is 20.0. The van der Waals surface area contributed by atoms with E-state index >= 15 is 0 Å². The van der Waals surface area contributed by atoms with Crippen LogP contribution < -0.4 is 21.1 Å². The number of carboxylic acids is 2. The molecule has 0 spiro atoms. The molecule has 2 aromatic carbocycles. The van der Waals surface area contributed by atoms with Gasteiger partial charge in [-0.2, -0.15) is 26.3 Å². The second kappa shape index (κ2) is 24.2. The molecule has 66 heavy (non-hydrogen) atoms. The van der Waals surface area contributed by atoms with Crippen molar-refractivity contribution in [3.05, 3.63) is 114 Å². The first kappa shape index (κ1) is 51.4.